The predicted molar refractivity (Wildman–Crippen MR) is 102 cm³/mol. The first-order valence-electron chi connectivity index (χ1n) is 7.87. The number of rotatable bonds is 10. The van der Waals surface area contributed by atoms with Crippen LogP contribution in [0.15, 0.2) is 47.2 Å². The summed E-state index contributed by atoms with van der Waals surface area (Å²) in [5, 5.41) is -1.28. The van der Waals surface area contributed by atoms with Crippen LogP contribution in [0.2, 0.25) is 0 Å². The van der Waals surface area contributed by atoms with Crippen LogP contribution in [0.5, 0.6) is 0 Å². The first-order valence-corrected chi connectivity index (χ1v) is 8.44. The van der Waals surface area contributed by atoms with Gasteiger partial charge < -0.3 is 16.2 Å². The fourth-order valence-electron chi connectivity index (χ4n) is 2.11. The maximum atomic E-state index is 13.6. The van der Waals surface area contributed by atoms with Crippen LogP contribution in [0.3, 0.4) is 0 Å². The van der Waals surface area contributed by atoms with E-state index in [1.165, 1.54) is 18.7 Å². The molecule has 0 aliphatic heterocycles. The summed E-state index contributed by atoms with van der Waals surface area (Å²) >= 11 is 0. The van der Waals surface area contributed by atoms with Crippen molar-refractivity contribution in [2.45, 2.75) is 51.5 Å². The van der Waals surface area contributed by atoms with Crippen LogP contribution in [-0.4, -0.2) is 25.2 Å². The molecule has 3 atom stereocenters. The SMILES string of the molecule is C/C=C(C/C=C(\C)COC)/C(/C=C\N)=C/C(N)CCC(C)(F)P. The lowest BCUT2D eigenvalue weighted by molar-refractivity contribution is 0.225. The number of allylic oxidation sites excluding steroid dienone is 5. The van der Waals surface area contributed by atoms with Crippen molar-refractivity contribution >= 4 is 9.24 Å². The van der Waals surface area contributed by atoms with E-state index in [1.54, 1.807) is 7.11 Å². The van der Waals surface area contributed by atoms with E-state index in [0.717, 1.165) is 17.6 Å². The third kappa shape index (κ3) is 11.2. The highest BCUT2D eigenvalue weighted by Gasteiger charge is 2.16. The van der Waals surface area contributed by atoms with Crippen LogP contribution in [-0.2, 0) is 4.74 Å². The second kappa shape index (κ2) is 11.6. The second-order valence-electron chi connectivity index (χ2n) is 5.96. The smallest absolute Gasteiger partial charge is 0.121 e. The molecule has 4 N–H and O–H groups in total. The molecule has 3 unspecified atom stereocenters. The average Bonchev–Trinajstić information content (AvgIpc) is 2.45. The van der Waals surface area contributed by atoms with Gasteiger partial charge >= 0.3 is 0 Å². The molecule has 0 aromatic heterocycles. The highest BCUT2D eigenvalue weighted by atomic mass is 31.0. The lowest BCUT2D eigenvalue weighted by atomic mass is 9.97. The van der Waals surface area contributed by atoms with E-state index in [1.807, 2.05) is 32.1 Å². The molecule has 0 rings (SSSR count). The summed E-state index contributed by atoms with van der Waals surface area (Å²) in [7, 11) is 3.89. The number of alkyl halides is 1. The van der Waals surface area contributed by atoms with Gasteiger partial charge in [-0.3, -0.25) is 0 Å². The second-order valence-corrected chi connectivity index (χ2v) is 7.17. The molecule has 0 saturated heterocycles. The Balaban J connectivity index is 5.04. The molecular formula is C18H32FN2OP. The zero-order chi connectivity index (χ0) is 17.9. The number of nitrogens with two attached hydrogens (primary N) is 2. The van der Waals surface area contributed by atoms with E-state index in [-0.39, 0.29) is 6.04 Å². The molecule has 0 spiro atoms. The van der Waals surface area contributed by atoms with E-state index in [2.05, 4.69) is 15.3 Å². The Hall–Kier alpha value is -0.960. The molecule has 0 aromatic rings. The van der Waals surface area contributed by atoms with Crippen molar-refractivity contribution in [2.75, 3.05) is 13.7 Å². The van der Waals surface area contributed by atoms with Crippen molar-refractivity contribution in [1.29, 1.82) is 0 Å². The third-order valence-corrected chi connectivity index (χ3v) is 3.69. The fourth-order valence-corrected chi connectivity index (χ4v) is 2.28. The Bertz CT molecular complexity index is 462. The summed E-state index contributed by atoms with van der Waals surface area (Å²) in [4.78, 5) is 0. The largest absolute Gasteiger partial charge is 0.405 e. The summed E-state index contributed by atoms with van der Waals surface area (Å²) in [6.45, 7) is 6.17. The molecule has 0 amide bonds. The zero-order valence-corrected chi connectivity index (χ0v) is 16.0. The molecule has 3 nitrogen and oxygen atoms in total. The van der Waals surface area contributed by atoms with Crippen LogP contribution in [0.4, 0.5) is 4.39 Å². The maximum Gasteiger partial charge on any atom is 0.121 e. The Morgan fingerprint density at radius 2 is 2.09 bits per heavy atom. The molecule has 0 heterocycles. The topological polar surface area (TPSA) is 61.3 Å². The Kier molecular flexibility index (Phi) is 11.1. The van der Waals surface area contributed by atoms with Gasteiger partial charge in [-0.05, 0) is 63.5 Å². The number of hydrogen-bond donors (Lipinski definition) is 2. The number of ether oxygens (including phenoxy) is 1. The zero-order valence-electron chi connectivity index (χ0n) is 14.8. The van der Waals surface area contributed by atoms with E-state index in [4.69, 9.17) is 16.2 Å². The van der Waals surface area contributed by atoms with Gasteiger partial charge in [-0.1, -0.05) is 33.0 Å². The van der Waals surface area contributed by atoms with Gasteiger partial charge in [0, 0.05) is 13.2 Å². The van der Waals surface area contributed by atoms with E-state index in [9.17, 15) is 4.39 Å². The summed E-state index contributed by atoms with van der Waals surface area (Å²) < 4.78 is 18.7. The quantitative estimate of drug-likeness (QED) is 0.359. The fraction of sp³-hybridized carbons (Fsp3) is 0.556. The van der Waals surface area contributed by atoms with E-state index in [0.29, 0.717) is 19.4 Å². The molecule has 0 fully saturated rings. The monoisotopic (exact) mass is 342 g/mol. The first kappa shape index (κ1) is 22.0. The van der Waals surface area contributed by atoms with Crippen molar-refractivity contribution in [1.82, 2.24) is 0 Å². The minimum atomic E-state index is -1.28. The average molecular weight is 342 g/mol. The van der Waals surface area contributed by atoms with Crippen LogP contribution >= 0.6 is 9.24 Å². The Labute approximate surface area is 142 Å². The minimum Gasteiger partial charge on any atom is -0.405 e. The summed E-state index contributed by atoms with van der Waals surface area (Å²) in [5.41, 5.74) is 15.0. The van der Waals surface area contributed by atoms with Gasteiger partial charge in [-0.25, -0.2) is 4.39 Å². The lowest BCUT2D eigenvalue weighted by Crippen LogP contribution is -2.21. The summed E-state index contributed by atoms with van der Waals surface area (Å²) in [5.74, 6) is 0. The van der Waals surface area contributed by atoms with E-state index < -0.39 is 5.41 Å². The van der Waals surface area contributed by atoms with Gasteiger partial charge in [0.05, 0.1) is 6.61 Å². The van der Waals surface area contributed by atoms with Crippen molar-refractivity contribution in [3.05, 3.63) is 47.2 Å². The molecule has 0 aliphatic carbocycles. The standard InChI is InChI=1S/C18H32FN2OP/c1-5-15(7-6-14(2)13-22-4)16(9-11-20)12-17(21)8-10-18(3,19)23/h5-6,9,11-12,17H,7-8,10,13,20-21,23H2,1-4H3/b11-9-,14-6+,15-5+,16-12+. The molecule has 0 saturated carbocycles. The maximum absolute atomic E-state index is 13.6. The molecule has 0 aliphatic rings. The van der Waals surface area contributed by atoms with Crippen LogP contribution < -0.4 is 11.5 Å². The highest BCUT2D eigenvalue weighted by Crippen LogP contribution is 2.26. The van der Waals surface area contributed by atoms with Crippen LogP contribution in [0, 0.1) is 0 Å². The van der Waals surface area contributed by atoms with E-state index >= 15 is 0 Å². The molecule has 0 aromatic carbocycles. The van der Waals surface area contributed by atoms with Crippen molar-refractivity contribution in [3.8, 4) is 0 Å². The van der Waals surface area contributed by atoms with Crippen molar-refractivity contribution in [2.24, 2.45) is 11.5 Å². The first-order chi connectivity index (χ1) is 10.7. The van der Waals surface area contributed by atoms with Gasteiger partial charge in [-0.2, -0.15) is 0 Å². The molecule has 0 radical (unpaired) electrons. The van der Waals surface area contributed by atoms with Crippen molar-refractivity contribution in [3.63, 3.8) is 0 Å². The van der Waals surface area contributed by atoms with Crippen LogP contribution in [0.25, 0.3) is 0 Å². The number of halogens is 1. The van der Waals surface area contributed by atoms with Gasteiger partial charge in [0.25, 0.3) is 0 Å². The molecule has 5 heteroatoms. The minimum absolute atomic E-state index is 0.212. The molecule has 132 valence electrons. The lowest BCUT2D eigenvalue weighted by Gasteiger charge is -2.17. The summed E-state index contributed by atoms with van der Waals surface area (Å²) in [6, 6.07) is -0.212. The van der Waals surface area contributed by atoms with Gasteiger partial charge in [0.15, 0.2) is 0 Å². The van der Waals surface area contributed by atoms with Gasteiger partial charge in [0.1, 0.15) is 5.41 Å². The highest BCUT2D eigenvalue weighted by molar-refractivity contribution is 7.18. The number of methoxy groups -OCH3 is 1. The Morgan fingerprint density at radius 3 is 2.57 bits per heavy atom. The number of hydrogen-bond acceptors (Lipinski definition) is 3. The normalized spacial score (nSPS) is 18.3. The molecule has 23 heavy (non-hydrogen) atoms. The predicted octanol–water partition coefficient (Wildman–Crippen LogP) is 3.98. The van der Waals surface area contributed by atoms with Gasteiger partial charge in [0.2, 0.25) is 0 Å². The van der Waals surface area contributed by atoms with Crippen molar-refractivity contribution < 1.29 is 9.13 Å². The third-order valence-electron chi connectivity index (χ3n) is 3.40. The summed E-state index contributed by atoms with van der Waals surface area (Å²) in [6.07, 6.45) is 11.2. The molecular weight excluding hydrogens is 310 g/mol. The molecule has 0 bridgehead atoms. The Morgan fingerprint density at radius 1 is 1.43 bits per heavy atom. The van der Waals surface area contributed by atoms with Gasteiger partial charge in [-0.15, -0.1) is 0 Å². The van der Waals surface area contributed by atoms with Crippen LogP contribution in [0.1, 0.15) is 40.0 Å².